The lowest BCUT2D eigenvalue weighted by Gasteiger charge is -2.35. The Morgan fingerprint density at radius 3 is 2.41 bits per heavy atom. The summed E-state index contributed by atoms with van der Waals surface area (Å²) in [4.78, 5) is 46.9. The van der Waals surface area contributed by atoms with Gasteiger partial charge in [-0.2, -0.15) is 0 Å². The number of piperazine rings is 1. The number of carbonyl (C=O) groups excluding carboxylic acids is 3. The number of aromatic nitrogens is 1. The predicted octanol–water partition coefficient (Wildman–Crippen LogP) is 3.25. The standard InChI is InChI=1S/C23H30N4O4S/c1-15-16(2)32-20(25-22(30)23(3,4)5)19(15)21(29)31-14-18(28)27-12-10-26(11-13-27)17-8-6-7-9-24-17/h6-9H,10-14H2,1-5H3,(H,25,30). The molecule has 3 rings (SSSR count). The highest BCUT2D eigenvalue weighted by Gasteiger charge is 2.28. The van der Waals surface area contributed by atoms with Crippen LogP contribution in [0.15, 0.2) is 24.4 Å². The molecule has 8 nitrogen and oxygen atoms in total. The van der Waals surface area contributed by atoms with Crippen LogP contribution in [0.3, 0.4) is 0 Å². The van der Waals surface area contributed by atoms with Crippen LogP contribution >= 0.6 is 11.3 Å². The van der Waals surface area contributed by atoms with Gasteiger partial charge in [-0.1, -0.05) is 26.8 Å². The third-order valence-corrected chi connectivity index (χ3v) is 6.55. The minimum Gasteiger partial charge on any atom is -0.452 e. The molecule has 32 heavy (non-hydrogen) atoms. The third-order valence-electron chi connectivity index (χ3n) is 5.43. The van der Waals surface area contributed by atoms with Crippen molar-refractivity contribution in [2.75, 3.05) is 43.0 Å². The lowest BCUT2D eigenvalue weighted by molar-refractivity contribution is -0.134. The number of amides is 2. The van der Waals surface area contributed by atoms with Crippen LogP contribution in [0.4, 0.5) is 10.8 Å². The molecule has 172 valence electrons. The molecule has 9 heteroatoms. The smallest absolute Gasteiger partial charge is 0.341 e. The normalized spacial score (nSPS) is 14.3. The molecule has 0 saturated carbocycles. The van der Waals surface area contributed by atoms with Crippen LogP contribution in [0, 0.1) is 19.3 Å². The number of thiophene rings is 1. The van der Waals surface area contributed by atoms with E-state index in [2.05, 4.69) is 15.2 Å². The summed E-state index contributed by atoms with van der Waals surface area (Å²) in [6.45, 7) is 11.2. The maximum Gasteiger partial charge on any atom is 0.341 e. The molecule has 0 aliphatic carbocycles. The van der Waals surface area contributed by atoms with Gasteiger partial charge < -0.3 is 19.9 Å². The summed E-state index contributed by atoms with van der Waals surface area (Å²) in [6.07, 6.45) is 1.75. The molecule has 0 atom stereocenters. The van der Waals surface area contributed by atoms with E-state index < -0.39 is 11.4 Å². The van der Waals surface area contributed by atoms with Gasteiger partial charge in [-0.25, -0.2) is 9.78 Å². The number of nitrogens with zero attached hydrogens (tertiary/aromatic N) is 3. The van der Waals surface area contributed by atoms with Crippen molar-refractivity contribution in [2.24, 2.45) is 5.41 Å². The van der Waals surface area contributed by atoms with E-state index in [0.717, 1.165) is 16.3 Å². The van der Waals surface area contributed by atoms with Gasteiger partial charge >= 0.3 is 5.97 Å². The van der Waals surface area contributed by atoms with Crippen LogP contribution in [0.2, 0.25) is 0 Å². The molecule has 1 aliphatic rings. The van der Waals surface area contributed by atoms with Gasteiger partial charge in [0.05, 0.1) is 5.56 Å². The summed E-state index contributed by atoms with van der Waals surface area (Å²) in [6, 6.07) is 5.75. The average Bonchev–Trinajstić information content (AvgIpc) is 3.05. The number of hydrogen-bond donors (Lipinski definition) is 1. The molecule has 0 aromatic carbocycles. The fraction of sp³-hybridized carbons (Fsp3) is 0.478. The van der Waals surface area contributed by atoms with Crippen LogP contribution < -0.4 is 10.2 Å². The Morgan fingerprint density at radius 1 is 1.12 bits per heavy atom. The number of aryl methyl sites for hydroxylation is 1. The quantitative estimate of drug-likeness (QED) is 0.692. The van der Waals surface area contributed by atoms with Gasteiger partial charge in [-0.15, -0.1) is 11.3 Å². The van der Waals surface area contributed by atoms with Gasteiger partial charge in [0, 0.05) is 42.7 Å². The lowest BCUT2D eigenvalue weighted by Crippen LogP contribution is -2.50. The van der Waals surface area contributed by atoms with Gasteiger partial charge in [-0.3, -0.25) is 9.59 Å². The highest BCUT2D eigenvalue weighted by molar-refractivity contribution is 7.16. The number of pyridine rings is 1. The largest absolute Gasteiger partial charge is 0.452 e. The number of ether oxygens (including phenoxy) is 1. The van der Waals surface area contributed by atoms with Crippen molar-refractivity contribution in [1.82, 2.24) is 9.88 Å². The first-order valence-electron chi connectivity index (χ1n) is 10.6. The topological polar surface area (TPSA) is 91.8 Å². The van der Waals surface area contributed by atoms with Gasteiger partial charge in [-0.05, 0) is 31.5 Å². The van der Waals surface area contributed by atoms with Crippen molar-refractivity contribution in [2.45, 2.75) is 34.6 Å². The van der Waals surface area contributed by atoms with E-state index in [1.807, 2.05) is 32.0 Å². The second kappa shape index (κ2) is 9.68. The maximum absolute atomic E-state index is 12.8. The molecule has 2 aromatic rings. The summed E-state index contributed by atoms with van der Waals surface area (Å²) >= 11 is 1.33. The van der Waals surface area contributed by atoms with Gasteiger partial charge in [0.2, 0.25) is 5.91 Å². The van der Waals surface area contributed by atoms with Crippen LogP contribution in [0.5, 0.6) is 0 Å². The Bertz CT molecular complexity index is 989. The fourth-order valence-corrected chi connectivity index (χ4v) is 4.31. The molecule has 0 unspecified atom stereocenters. The third kappa shape index (κ3) is 5.45. The van der Waals surface area contributed by atoms with Crippen LogP contribution in [-0.2, 0) is 14.3 Å². The molecular formula is C23H30N4O4S. The molecule has 0 spiro atoms. The average molecular weight is 459 g/mol. The Balaban J connectivity index is 1.58. The van der Waals surface area contributed by atoms with Crippen molar-refractivity contribution in [1.29, 1.82) is 0 Å². The summed E-state index contributed by atoms with van der Waals surface area (Å²) in [5, 5.41) is 3.30. The van der Waals surface area contributed by atoms with Crippen LogP contribution in [0.1, 0.15) is 41.6 Å². The minimum absolute atomic E-state index is 0.186. The number of esters is 1. The lowest BCUT2D eigenvalue weighted by atomic mass is 9.96. The van der Waals surface area contributed by atoms with E-state index in [9.17, 15) is 14.4 Å². The molecule has 1 fully saturated rings. The summed E-state index contributed by atoms with van der Waals surface area (Å²) < 4.78 is 5.36. The molecular weight excluding hydrogens is 428 g/mol. The molecule has 0 bridgehead atoms. The van der Waals surface area contributed by atoms with E-state index in [1.165, 1.54) is 11.3 Å². The Morgan fingerprint density at radius 2 is 1.81 bits per heavy atom. The molecule has 2 aromatic heterocycles. The van der Waals surface area contributed by atoms with Crippen molar-refractivity contribution in [3.8, 4) is 0 Å². The summed E-state index contributed by atoms with van der Waals surface area (Å²) in [7, 11) is 0. The van der Waals surface area contributed by atoms with E-state index >= 15 is 0 Å². The van der Waals surface area contributed by atoms with Gasteiger partial charge in [0.25, 0.3) is 5.91 Å². The Hall–Kier alpha value is -2.94. The first kappa shape index (κ1) is 23.7. The van der Waals surface area contributed by atoms with Gasteiger partial charge in [0.1, 0.15) is 10.8 Å². The Kier molecular flexibility index (Phi) is 7.18. The first-order chi connectivity index (χ1) is 15.1. The summed E-state index contributed by atoms with van der Waals surface area (Å²) in [5.74, 6) is -0.130. The highest BCUT2D eigenvalue weighted by Crippen LogP contribution is 2.34. The van der Waals surface area contributed by atoms with Gasteiger partial charge in [0.15, 0.2) is 6.61 Å². The van der Waals surface area contributed by atoms with Crippen LogP contribution in [0.25, 0.3) is 0 Å². The fourth-order valence-electron chi connectivity index (χ4n) is 3.27. The Labute approximate surface area is 192 Å². The van der Waals surface area contributed by atoms with Crippen molar-refractivity contribution < 1.29 is 19.1 Å². The van der Waals surface area contributed by atoms with Crippen molar-refractivity contribution in [3.63, 3.8) is 0 Å². The van der Waals surface area contributed by atoms with Crippen LogP contribution in [-0.4, -0.2) is 60.5 Å². The second-order valence-electron chi connectivity index (χ2n) is 8.82. The maximum atomic E-state index is 12.8. The van der Waals surface area contributed by atoms with E-state index in [0.29, 0.717) is 36.7 Å². The van der Waals surface area contributed by atoms with E-state index in [1.54, 1.807) is 31.9 Å². The molecule has 3 heterocycles. The number of hydrogen-bond acceptors (Lipinski definition) is 7. The first-order valence-corrected chi connectivity index (χ1v) is 11.4. The molecule has 2 amide bonds. The molecule has 0 radical (unpaired) electrons. The summed E-state index contributed by atoms with van der Waals surface area (Å²) in [5.41, 5.74) is 0.471. The monoisotopic (exact) mass is 458 g/mol. The molecule has 1 N–H and O–H groups in total. The van der Waals surface area contributed by atoms with Crippen molar-refractivity contribution >= 4 is 39.9 Å². The second-order valence-corrected chi connectivity index (χ2v) is 10.0. The number of nitrogens with one attached hydrogen (secondary N) is 1. The zero-order chi connectivity index (χ0) is 23.5. The van der Waals surface area contributed by atoms with E-state index in [-0.39, 0.29) is 18.4 Å². The highest BCUT2D eigenvalue weighted by atomic mass is 32.1. The minimum atomic E-state index is -0.600. The van der Waals surface area contributed by atoms with E-state index in [4.69, 9.17) is 4.74 Å². The zero-order valence-corrected chi connectivity index (χ0v) is 20.0. The number of rotatable bonds is 5. The zero-order valence-electron chi connectivity index (χ0n) is 19.2. The molecule has 1 aliphatic heterocycles. The molecule has 1 saturated heterocycles. The SMILES string of the molecule is Cc1sc(NC(=O)C(C)(C)C)c(C(=O)OCC(=O)N2CCN(c3ccccn3)CC2)c1C. The number of carbonyl (C=O) groups is 3. The predicted molar refractivity (Wildman–Crippen MR) is 125 cm³/mol. The van der Waals surface area contributed by atoms with Crippen molar-refractivity contribution in [3.05, 3.63) is 40.4 Å². The number of anilines is 2.